The van der Waals surface area contributed by atoms with Crippen molar-refractivity contribution in [1.29, 1.82) is 0 Å². The van der Waals surface area contributed by atoms with Crippen LogP contribution in [0, 0.1) is 0 Å². The maximum atomic E-state index is 11.7. The van der Waals surface area contributed by atoms with E-state index in [2.05, 4.69) is 25.4 Å². The third-order valence-electron chi connectivity index (χ3n) is 2.33. The van der Waals surface area contributed by atoms with Crippen molar-refractivity contribution in [3.63, 3.8) is 0 Å². The Bertz CT molecular complexity index is 644. The first-order valence-electron chi connectivity index (χ1n) is 5.50. The fourth-order valence-electron chi connectivity index (χ4n) is 1.57. The average molecular weight is 258 g/mol. The molecule has 0 bridgehead atoms. The van der Waals surface area contributed by atoms with Gasteiger partial charge >= 0.3 is 5.97 Å². The van der Waals surface area contributed by atoms with Gasteiger partial charge in [-0.25, -0.2) is 4.79 Å². The molecule has 1 aromatic carbocycles. The van der Waals surface area contributed by atoms with E-state index in [0.717, 1.165) is 0 Å². The third-order valence-corrected chi connectivity index (χ3v) is 2.33. The zero-order valence-electron chi connectivity index (χ0n) is 10.1. The Labute approximate surface area is 108 Å². The maximum absolute atomic E-state index is 11.7. The number of rotatable bonds is 4. The molecule has 0 radical (unpaired) electrons. The topological polar surface area (TPSA) is 117 Å². The van der Waals surface area contributed by atoms with E-state index in [9.17, 15) is 4.79 Å². The van der Waals surface area contributed by atoms with E-state index in [-0.39, 0.29) is 12.3 Å². The molecule has 0 saturated carbocycles. The monoisotopic (exact) mass is 258 g/mol. The number of nitrogens with zero attached hydrogens (tertiary/aromatic N) is 5. The van der Waals surface area contributed by atoms with Crippen LogP contribution in [0.1, 0.15) is 17.4 Å². The first-order valence-corrected chi connectivity index (χ1v) is 5.50. The van der Waals surface area contributed by atoms with Gasteiger partial charge in [0.1, 0.15) is 5.69 Å². The van der Waals surface area contributed by atoms with Crippen LogP contribution >= 0.6 is 0 Å². The highest BCUT2D eigenvalue weighted by Crippen LogP contribution is 2.30. The molecule has 0 unspecified atom stereocenters. The van der Waals surface area contributed by atoms with Crippen LogP contribution in [0.2, 0.25) is 0 Å². The quantitative estimate of drug-likeness (QED) is 0.392. The zero-order chi connectivity index (χ0) is 13.7. The smallest absolute Gasteiger partial charge is 0.361 e. The molecule has 0 atom stereocenters. The Kier molecular flexibility index (Phi) is 3.75. The lowest BCUT2D eigenvalue weighted by molar-refractivity contribution is 0.0520. The summed E-state index contributed by atoms with van der Waals surface area (Å²) in [5.41, 5.74) is 9.75. The van der Waals surface area contributed by atoms with Gasteiger partial charge in [0, 0.05) is 16.2 Å². The fourth-order valence-corrected chi connectivity index (χ4v) is 1.57. The van der Waals surface area contributed by atoms with E-state index < -0.39 is 5.97 Å². The van der Waals surface area contributed by atoms with E-state index in [0.29, 0.717) is 16.9 Å². The number of carbonyl (C=O) groups is 1. The molecule has 1 heterocycles. The number of aromatic nitrogens is 3. The first-order chi connectivity index (χ1) is 9.27. The Morgan fingerprint density at radius 1 is 1.47 bits per heavy atom. The average Bonchev–Trinajstić information content (AvgIpc) is 2.89. The van der Waals surface area contributed by atoms with Crippen LogP contribution < -0.4 is 0 Å². The largest absolute Gasteiger partial charge is 0.461 e. The molecule has 0 aliphatic rings. The molecule has 2 aromatic rings. The highest BCUT2D eigenvalue weighted by atomic mass is 16.5. The second kappa shape index (κ2) is 5.65. The summed E-state index contributed by atoms with van der Waals surface area (Å²) in [6, 6.07) is 6.77. The van der Waals surface area contributed by atoms with Crippen LogP contribution in [0.25, 0.3) is 21.7 Å². The minimum absolute atomic E-state index is 0.0578. The van der Waals surface area contributed by atoms with E-state index in [1.807, 2.05) is 0 Å². The number of ether oxygens (including phenoxy) is 1. The summed E-state index contributed by atoms with van der Waals surface area (Å²) in [6.07, 6.45) is 0. The standard InChI is InChI=1S/C11H10N6O2/c1-2-19-11(18)10-9(14-17-15-10)7-5-3-4-6-8(7)13-16-12/h3-6H,2H2,1H3,(H,14,15,17). The lowest BCUT2D eigenvalue weighted by atomic mass is 10.1. The van der Waals surface area contributed by atoms with Gasteiger partial charge in [-0.1, -0.05) is 29.4 Å². The number of aromatic amines is 1. The van der Waals surface area contributed by atoms with Gasteiger partial charge in [-0.2, -0.15) is 10.3 Å². The predicted molar refractivity (Wildman–Crippen MR) is 66.6 cm³/mol. The van der Waals surface area contributed by atoms with Crippen molar-refractivity contribution in [2.45, 2.75) is 6.92 Å². The number of azide groups is 1. The second-order valence-corrected chi connectivity index (χ2v) is 3.45. The molecule has 0 fully saturated rings. The van der Waals surface area contributed by atoms with Crippen LogP contribution in [0.5, 0.6) is 0 Å². The maximum Gasteiger partial charge on any atom is 0.361 e. The van der Waals surface area contributed by atoms with Crippen molar-refractivity contribution >= 4 is 11.7 Å². The van der Waals surface area contributed by atoms with Crippen LogP contribution in [0.4, 0.5) is 5.69 Å². The molecule has 96 valence electrons. The number of esters is 1. The van der Waals surface area contributed by atoms with Gasteiger partial charge in [0.15, 0.2) is 5.69 Å². The van der Waals surface area contributed by atoms with Crippen molar-refractivity contribution in [2.24, 2.45) is 5.11 Å². The summed E-state index contributed by atoms with van der Waals surface area (Å²) in [4.78, 5) is 14.5. The lowest BCUT2D eigenvalue weighted by Crippen LogP contribution is -2.06. The van der Waals surface area contributed by atoms with Gasteiger partial charge in [-0.05, 0) is 12.5 Å². The number of hydrogen-bond acceptors (Lipinski definition) is 5. The molecule has 2 rings (SSSR count). The zero-order valence-corrected chi connectivity index (χ0v) is 10.1. The molecule has 0 aliphatic carbocycles. The van der Waals surface area contributed by atoms with Gasteiger partial charge in [-0.3, -0.25) is 0 Å². The summed E-state index contributed by atoms with van der Waals surface area (Å²) in [6.45, 7) is 1.94. The molecule has 19 heavy (non-hydrogen) atoms. The van der Waals surface area contributed by atoms with Gasteiger partial charge in [-0.15, -0.1) is 5.10 Å². The fraction of sp³-hybridized carbons (Fsp3) is 0.182. The minimum Gasteiger partial charge on any atom is -0.461 e. The SMILES string of the molecule is CCOC(=O)c1n[nH]nc1-c1ccccc1N=[N+]=[N-]. The lowest BCUT2D eigenvalue weighted by Gasteiger charge is -2.03. The summed E-state index contributed by atoms with van der Waals surface area (Å²) in [7, 11) is 0. The normalized spacial score (nSPS) is 9.74. The van der Waals surface area contributed by atoms with Crippen LogP contribution in [0.3, 0.4) is 0 Å². The van der Waals surface area contributed by atoms with Crippen molar-refractivity contribution in [3.8, 4) is 11.3 Å². The Balaban J connectivity index is 2.51. The summed E-state index contributed by atoms with van der Waals surface area (Å²) in [5.74, 6) is -0.581. The molecule has 0 saturated heterocycles. The first kappa shape index (κ1) is 12.6. The van der Waals surface area contributed by atoms with Crippen LogP contribution in [-0.4, -0.2) is 28.0 Å². The van der Waals surface area contributed by atoms with Gasteiger partial charge < -0.3 is 4.74 Å². The van der Waals surface area contributed by atoms with Gasteiger partial charge in [0.05, 0.1) is 6.61 Å². The molecule has 0 amide bonds. The molecule has 0 spiro atoms. The molecule has 8 heteroatoms. The van der Waals surface area contributed by atoms with E-state index in [4.69, 9.17) is 10.3 Å². The molecular formula is C11H10N6O2. The third kappa shape index (κ3) is 2.53. The van der Waals surface area contributed by atoms with Crippen molar-refractivity contribution in [1.82, 2.24) is 15.4 Å². The molecule has 8 nitrogen and oxygen atoms in total. The van der Waals surface area contributed by atoms with Crippen molar-refractivity contribution in [3.05, 3.63) is 40.4 Å². The molecular weight excluding hydrogens is 248 g/mol. The second-order valence-electron chi connectivity index (χ2n) is 3.45. The number of nitrogens with one attached hydrogen (secondary N) is 1. The van der Waals surface area contributed by atoms with Gasteiger partial charge in [0.25, 0.3) is 0 Å². The van der Waals surface area contributed by atoms with Crippen molar-refractivity contribution in [2.75, 3.05) is 6.61 Å². The van der Waals surface area contributed by atoms with E-state index in [1.54, 1.807) is 31.2 Å². The number of H-pyrrole nitrogens is 1. The predicted octanol–water partition coefficient (Wildman–Crippen LogP) is 2.59. The summed E-state index contributed by atoms with van der Waals surface area (Å²) >= 11 is 0. The molecule has 1 aromatic heterocycles. The van der Waals surface area contributed by atoms with Gasteiger partial charge in [0.2, 0.25) is 0 Å². The summed E-state index contributed by atoms with van der Waals surface area (Å²) < 4.78 is 4.88. The van der Waals surface area contributed by atoms with E-state index in [1.165, 1.54) is 0 Å². The Morgan fingerprint density at radius 2 is 2.26 bits per heavy atom. The highest BCUT2D eigenvalue weighted by Gasteiger charge is 2.20. The van der Waals surface area contributed by atoms with E-state index >= 15 is 0 Å². The number of carbonyl (C=O) groups excluding carboxylic acids is 1. The molecule has 1 N–H and O–H groups in total. The van der Waals surface area contributed by atoms with Crippen LogP contribution in [-0.2, 0) is 4.74 Å². The van der Waals surface area contributed by atoms with Crippen molar-refractivity contribution < 1.29 is 9.53 Å². The Morgan fingerprint density at radius 3 is 3.00 bits per heavy atom. The van der Waals surface area contributed by atoms with Crippen LogP contribution in [0.15, 0.2) is 29.4 Å². The summed E-state index contributed by atoms with van der Waals surface area (Å²) in [5, 5.41) is 13.6. The Hall–Kier alpha value is -2.86. The minimum atomic E-state index is -0.581. The number of benzene rings is 1. The molecule has 0 aliphatic heterocycles. The highest BCUT2D eigenvalue weighted by molar-refractivity contribution is 5.95. The number of hydrogen-bond donors (Lipinski definition) is 1.